The molecule has 4 nitrogen and oxygen atoms in total. The average Bonchev–Trinajstić information content (AvgIpc) is 3.68. The molecule has 0 aliphatic carbocycles. The van der Waals surface area contributed by atoms with Gasteiger partial charge in [0.15, 0.2) is 17.5 Å². The Hall–Kier alpha value is -8.21. The van der Waals surface area contributed by atoms with Gasteiger partial charge in [0.05, 0.1) is 11.0 Å². The Bertz CT molecular complexity index is 3300. The molecule has 0 aliphatic rings. The van der Waals surface area contributed by atoms with Gasteiger partial charge in [0.1, 0.15) is 0 Å². The monoisotopic (exact) mass is 778 g/mol. The van der Waals surface area contributed by atoms with Gasteiger partial charge >= 0.3 is 0 Å². The molecule has 2 aromatic heterocycles. The standard InChI is InChI=1S/C57H38N4/c1-5-14-39(15-6-1)42-24-26-44(27-25-42)47-22-13-23-50(36-47)61-53-35-33-48(41-18-9-3-10-19-41)37-52(53)51-34-32-49(38-54(51)61)57-59-55(45-20-11-4-12-21-45)58-56(60-57)46-30-28-43(29-31-46)40-16-7-2-8-17-40/h1-38H. The van der Waals surface area contributed by atoms with Crippen LogP contribution in [0.4, 0.5) is 0 Å². The molecule has 0 spiro atoms. The summed E-state index contributed by atoms with van der Waals surface area (Å²) in [6, 6.07) is 81.3. The molecule has 0 atom stereocenters. The van der Waals surface area contributed by atoms with Gasteiger partial charge in [-0.25, -0.2) is 15.0 Å². The zero-order chi connectivity index (χ0) is 40.5. The van der Waals surface area contributed by atoms with Gasteiger partial charge in [0.25, 0.3) is 0 Å². The number of nitrogens with zero attached hydrogens (tertiary/aromatic N) is 4. The molecule has 0 saturated heterocycles. The molecule has 0 aliphatic heterocycles. The topological polar surface area (TPSA) is 43.6 Å². The summed E-state index contributed by atoms with van der Waals surface area (Å²) in [7, 11) is 0. The third-order valence-corrected chi connectivity index (χ3v) is 11.5. The van der Waals surface area contributed by atoms with E-state index in [4.69, 9.17) is 15.0 Å². The first kappa shape index (κ1) is 35.9. The minimum atomic E-state index is 0.618. The number of fused-ring (bicyclic) bond motifs is 3. The molecular formula is C57H38N4. The molecule has 11 aromatic rings. The van der Waals surface area contributed by atoms with Crippen molar-refractivity contribution in [1.29, 1.82) is 0 Å². The summed E-state index contributed by atoms with van der Waals surface area (Å²) >= 11 is 0. The van der Waals surface area contributed by atoms with Gasteiger partial charge in [0.2, 0.25) is 0 Å². The largest absolute Gasteiger partial charge is 0.309 e. The first-order valence-corrected chi connectivity index (χ1v) is 20.6. The zero-order valence-electron chi connectivity index (χ0n) is 33.2. The molecule has 0 bridgehead atoms. The first-order valence-electron chi connectivity index (χ1n) is 20.6. The lowest BCUT2D eigenvalue weighted by Crippen LogP contribution is -2.00. The number of hydrogen-bond donors (Lipinski definition) is 0. The van der Waals surface area contributed by atoms with Gasteiger partial charge in [-0.15, -0.1) is 0 Å². The van der Waals surface area contributed by atoms with Crippen molar-refractivity contribution >= 4 is 21.8 Å². The molecule has 286 valence electrons. The Morgan fingerprint density at radius 2 is 0.607 bits per heavy atom. The number of aromatic nitrogens is 4. The van der Waals surface area contributed by atoms with Crippen molar-refractivity contribution in [2.24, 2.45) is 0 Å². The Labute approximate surface area is 354 Å². The summed E-state index contributed by atoms with van der Waals surface area (Å²) < 4.78 is 2.38. The van der Waals surface area contributed by atoms with Crippen molar-refractivity contribution < 1.29 is 0 Å². The van der Waals surface area contributed by atoms with E-state index in [1.54, 1.807) is 0 Å². The number of rotatable bonds is 8. The molecule has 9 aromatic carbocycles. The van der Waals surface area contributed by atoms with Crippen LogP contribution in [0.1, 0.15) is 0 Å². The van der Waals surface area contributed by atoms with Crippen LogP contribution in [0.15, 0.2) is 231 Å². The summed E-state index contributed by atoms with van der Waals surface area (Å²) in [6.45, 7) is 0. The number of benzene rings is 9. The predicted octanol–water partition coefficient (Wildman–Crippen LogP) is 14.6. The fourth-order valence-electron chi connectivity index (χ4n) is 8.35. The van der Waals surface area contributed by atoms with Crippen molar-refractivity contribution in [1.82, 2.24) is 19.5 Å². The van der Waals surface area contributed by atoms with E-state index in [1.807, 2.05) is 24.3 Å². The zero-order valence-corrected chi connectivity index (χ0v) is 33.2. The maximum atomic E-state index is 5.17. The maximum Gasteiger partial charge on any atom is 0.164 e. The number of hydrogen-bond acceptors (Lipinski definition) is 3. The smallest absolute Gasteiger partial charge is 0.164 e. The maximum absolute atomic E-state index is 5.17. The van der Waals surface area contributed by atoms with Gasteiger partial charge in [-0.1, -0.05) is 200 Å². The first-order chi connectivity index (χ1) is 30.2. The van der Waals surface area contributed by atoms with Crippen LogP contribution in [0, 0.1) is 0 Å². The van der Waals surface area contributed by atoms with Crippen LogP contribution in [0.2, 0.25) is 0 Å². The normalized spacial score (nSPS) is 11.3. The lowest BCUT2D eigenvalue weighted by molar-refractivity contribution is 1.07. The Kier molecular flexibility index (Phi) is 9.14. The van der Waals surface area contributed by atoms with E-state index in [0.717, 1.165) is 55.5 Å². The third-order valence-electron chi connectivity index (χ3n) is 11.5. The second-order valence-corrected chi connectivity index (χ2v) is 15.3. The molecule has 0 saturated carbocycles. The summed E-state index contributed by atoms with van der Waals surface area (Å²) in [5, 5.41) is 2.34. The van der Waals surface area contributed by atoms with E-state index in [0.29, 0.717) is 17.5 Å². The second-order valence-electron chi connectivity index (χ2n) is 15.3. The molecule has 0 N–H and O–H groups in total. The minimum Gasteiger partial charge on any atom is -0.309 e. The lowest BCUT2D eigenvalue weighted by atomic mass is 10.00. The quantitative estimate of drug-likeness (QED) is 0.154. The van der Waals surface area contributed by atoms with Crippen LogP contribution in [-0.4, -0.2) is 19.5 Å². The van der Waals surface area contributed by atoms with Crippen molar-refractivity contribution in [3.8, 4) is 84.4 Å². The Morgan fingerprint density at radius 1 is 0.230 bits per heavy atom. The van der Waals surface area contributed by atoms with Crippen molar-refractivity contribution in [3.05, 3.63) is 231 Å². The van der Waals surface area contributed by atoms with Gasteiger partial charge in [0, 0.05) is 33.2 Å². The van der Waals surface area contributed by atoms with E-state index in [9.17, 15) is 0 Å². The molecule has 2 heterocycles. The van der Waals surface area contributed by atoms with Crippen LogP contribution in [0.25, 0.3) is 106 Å². The molecule has 0 radical (unpaired) electrons. The Morgan fingerprint density at radius 3 is 1.16 bits per heavy atom. The molecule has 4 heteroatoms. The highest BCUT2D eigenvalue weighted by atomic mass is 15.0. The second kappa shape index (κ2) is 15.5. The van der Waals surface area contributed by atoms with Crippen LogP contribution < -0.4 is 0 Å². The summed E-state index contributed by atoms with van der Waals surface area (Å²) in [6.07, 6.45) is 0. The summed E-state index contributed by atoms with van der Waals surface area (Å²) in [4.78, 5) is 15.3. The third kappa shape index (κ3) is 6.96. The predicted molar refractivity (Wildman–Crippen MR) is 252 cm³/mol. The van der Waals surface area contributed by atoms with E-state index in [1.165, 1.54) is 33.2 Å². The van der Waals surface area contributed by atoms with E-state index in [2.05, 4.69) is 211 Å². The molecule has 0 fully saturated rings. The van der Waals surface area contributed by atoms with Crippen LogP contribution in [-0.2, 0) is 0 Å². The lowest BCUT2D eigenvalue weighted by Gasteiger charge is -2.12. The van der Waals surface area contributed by atoms with Gasteiger partial charge in [-0.05, 0) is 74.8 Å². The SMILES string of the molecule is c1ccc(-c2ccc(-c3cccc(-n4c5ccc(-c6ccccc6)cc5c5ccc(-c6nc(-c7ccccc7)nc(-c7ccc(-c8ccccc8)cc7)n6)cc54)c3)cc2)cc1. The summed E-state index contributed by atoms with van der Waals surface area (Å²) in [5.74, 6) is 1.88. The van der Waals surface area contributed by atoms with Crippen LogP contribution >= 0.6 is 0 Å². The van der Waals surface area contributed by atoms with Crippen molar-refractivity contribution in [3.63, 3.8) is 0 Å². The van der Waals surface area contributed by atoms with Crippen molar-refractivity contribution in [2.75, 3.05) is 0 Å². The van der Waals surface area contributed by atoms with Gasteiger partial charge in [-0.3, -0.25) is 0 Å². The molecular weight excluding hydrogens is 741 g/mol. The average molecular weight is 779 g/mol. The van der Waals surface area contributed by atoms with Crippen LogP contribution in [0.5, 0.6) is 0 Å². The molecule has 0 unspecified atom stereocenters. The summed E-state index contributed by atoms with van der Waals surface area (Å²) in [5.41, 5.74) is 15.5. The van der Waals surface area contributed by atoms with E-state index >= 15 is 0 Å². The van der Waals surface area contributed by atoms with E-state index in [-0.39, 0.29) is 0 Å². The van der Waals surface area contributed by atoms with Gasteiger partial charge in [-0.2, -0.15) is 0 Å². The Balaban J connectivity index is 1.07. The minimum absolute atomic E-state index is 0.618. The van der Waals surface area contributed by atoms with E-state index < -0.39 is 0 Å². The van der Waals surface area contributed by atoms with Crippen molar-refractivity contribution in [2.45, 2.75) is 0 Å². The highest BCUT2D eigenvalue weighted by Gasteiger charge is 2.18. The van der Waals surface area contributed by atoms with Gasteiger partial charge < -0.3 is 4.57 Å². The molecule has 0 amide bonds. The highest BCUT2D eigenvalue weighted by molar-refractivity contribution is 6.11. The molecule has 11 rings (SSSR count). The fraction of sp³-hybridized carbons (Fsp3) is 0. The molecule has 61 heavy (non-hydrogen) atoms. The van der Waals surface area contributed by atoms with Crippen LogP contribution in [0.3, 0.4) is 0 Å². The fourth-order valence-corrected chi connectivity index (χ4v) is 8.35. The highest BCUT2D eigenvalue weighted by Crippen LogP contribution is 2.38.